The van der Waals surface area contributed by atoms with Gasteiger partial charge < -0.3 is 19.6 Å². The lowest BCUT2D eigenvalue weighted by Crippen LogP contribution is -2.45. The summed E-state index contributed by atoms with van der Waals surface area (Å²) in [5, 5.41) is 2.97. The van der Waals surface area contributed by atoms with E-state index >= 15 is 0 Å². The van der Waals surface area contributed by atoms with Crippen LogP contribution in [0.15, 0.2) is 9.59 Å². The van der Waals surface area contributed by atoms with Gasteiger partial charge in [0.2, 0.25) is 0 Å². The number of hydrogen-bond acceptors (Lipinski definition) is 6. The Morgan fingerprint density at radius 3 is 2.77 bits per heavy atom. The highest BCUT2D eigenvalue weighted by molar-refractivity contribution is 7.52. The van der Waals surface area contributed by atoms with E-state index < -0.39 is 18.5 Å². The molecule has 2 N–H and O–H groups in total. The van der Waals surface area contributed by atoms with Crippen LogP contribution in [-0.4, -0.2) is 36.8 Å². The van der Waals surface area contributed by atoms with Gasteiger partial charge >= 0.3 is 7.60 Å². The Kier molecular flexibility index (Phi) is 5.42. The lowest BCUT2D eigenvalue weighted by molar-refractivity contribution is 0.186. The Morgan fingerprint density at radius 1 is 1.36 bits per heavy atom. The normalized spacial score (nSPS) is 19.7. The average molecular weight is 330 g/mol. The van der Waals surface area contributed by atoms with Gasteiger partial charge in [-0.2, -0.15) is 0 Å². The molecule has 1 aromatic carbocycles. The van der Waals surface area contributed by atoms with Crippen molar-refractivity contribution in [1.82, 2.24) is 0 Å². The smallest absolute Gasteiger partial charge is 0.330 e. The van der Waals surface area contributed by atoms with Gasteiger partial charge in [-0.1, -0.05) is 6.92 Å². The Hall–Kier alpha value is -1.17. The van der Waals surface area contributed by atoms with E-state index in [1.807, 2.05) is 6.92 Å². The number of rotatable bonds is 6. The topological polar surface area (TPSA) is 95.9 Å². The van der Waals surface area contributed by atoms with Gasteiger partial charge in [-0.3, -0.25) is 14.2 Å². The van der Waals surface area contributed by atoms with Crippen LogP contribution in [0.25, 0.3) is 0 Å². The van der Waals surface area contributed by atoms with E-state index in [1.165, 1.54) is 0 Å². The average Bonchev–Trinajstić information content (AvgIpc) is 2.45. The molecule has 0 fully saturated rings. The molecular weight excluding hydrogens is 307 g/mol. The highest BCUT2D eigenvalue weighted by Gasteiger charge is 2.29. The van der Waals surface area contributed by atoms with E-state index in [0.29, 0.717) is 30.9 Å². The molecule has 0 spiro atoms. The molecule has 1 aliphatic rings. The number of hydrogen-bond donors (Lipinski definition) is 2. The fourth-order valence-electron chi connectivity index (χ4n) is 2.48. The summed E-state index contributed by atoms with van der Waals surface area (Å²) in [6.45, 7) is 5.12. The first-order valence-corrected chi connectivity index (χ1v) is 9.44. The van der Waals surface area contributed by atoms with Crippen molar-refractivity contribution < 1.29 is 14.0 Å². The van der Waals surface area contributed by atoms with Crippen molar-refractivity contribution >= 4 is 19.0 Å². The summed E-state index contributed by atoms with van der Waals surface area (Å²) in [7, 11) is -3.69. The van der Waals surface area contributed by atoms with Crippen molar-refractivity contribution in [3.05, 3.63) is 20.4 Å². The Morgan fingerprint density at radius 2 is 2.09 bits per heavy atom. The Balaban J connectivity index is 2.06. The molecule has 0 amide bonds. The molecule has 2 atom stereocenters. The SMILES string of the molecule is CCC(C)OP(=O)(O)CCN1CCCCNc2c1c(=O)c2=O. The molecular formula is C14H23N2O5P. The maximum Gasteiger partial charge on any atom is 0.330 e. The summed E-state index contributed by atoms with van der Waals surface area (Å²) in [4.78, 5) is 34.9. The number of anilines is 2. The minimum atomic E-state index is -3.69. The zero-order valence-electron chi connectivity index (χ0n) is 13.0. The quantitative estimate of drug-likeness (QED) is 0.599. The molecule has 1 heterocycles. The first kappa shape index (κ1) is 17.2. The summed E-state index contributed by atoms with van der Waals surface area (Å²) in [6, 6.07) is 0. The van der Waals surface area contributed by atoms with Gasteiger partial charge in [0.25, 0.3) is 10.9 Å². The van der Waals surface area contributed by atoms with Crippen LogP contribution in [0, 0.1) is 0 Å². The minimum Gasteiger partial charge on any atom is -0.380 e. The van der Waals surface area contributed by atoms with Crippen molar-refractivity contribution in [3.63, 3.8) is 0 Å². The van der Waals surface area contributed by atoms with Crippen LogP contribution in [-0.2, 0) is 9.09 Å². The molecule has 7 nitrogen and oxygen atoms in total. The molecule has 0 bridgehead atoms. The molecule has 0 radical (unpaired) electrons. The summed E-state index contributed by atoms with van der Waals surface area (Å²) in [5.41, 5.74) is -0.307. The molecule has 1 aromatic rings. The molecule has 8 heteroatoms. The van der Waals surface area contributed by atoms with E-state index in [9.17, 15) is 19.0 Å². The van der Waals surface area contributed by atoms with Crippen LogP contribution in [0.4, 0.5) is 11.4 Å². The third-order valence-corrected chi connectivity index (χ3v) is 5.38. The summed E-state index contributed by atoms with van der Waals surface area (Å²) < 4.78 is 17.2. The van der Waals surface area contributed by atoms with Crippen LogP contribution < -0.4 is 21.1 Å². The molecule has 2 rings (SSSR count). The lowest BCUT2D eigenvalue weighted by Gasteiger charge is -2.30. The summed E-state index contributed by atoms with van der Waals surface area (Å²) in [5.74, 6) is 0. The third-order valence-electron chi connectivity index (χ3n) is 3.93. The number of fused-ring (bicyclic) bond motifs is 1. The molecule has 22 heavy (non-hydrogen) atoms. The van der Waals surface area contributed by atoms with Crippen molar-refractivity contribution in [2.45, 2.75) is 39.2 Å². The zero-order chi connectivity index (χ0) is 16.3. The fraction of sp³-hybridized carbons (Fsp3) is 0.714. The van der Waals surface area contributed by atoms with E-state index in [-0.39, 0.29) is 18.8 Å². The fourth-order valence-corrected chi connectivity index (χ4v) is 3.79. The van der Waals surface area contributed by atoms with Gasteiger partial charge in [0.15, 0.2) is 0 Å². The summed E-state index contributed by atoms with van der Waals surface area (Å²) in [6.07, 6.45) is 2.05. The third kappa shape index (κ3) is 3.77. The van der Waals surface area contributed by atoms with Crippen LogP contribution in [0.1, 0.15) is 33.1 Å². The molecule has 0 aliphatic carbocycles. The van der Waals surface area contributed by atoms with Gasteiger partial charge in [-0.15, -0.1) is 0 Å². The van der Waals surface area contributed by atoms with Crippen molar-refractivity contribution in [1.29, 1.82) is 0 Å². The molecule has 0 aromatic heterocycles. The van der Waals surface area contributed by atoms with Crippen molar-refractivity contribution in [3.8, 4) is 0 Å². The van der Waals surface area contributed by atoms with Crippen LogP contribution in [0.5, 0.6) is 0 Å². The van der Waals surface area contributed by atoms with Gasteiger partial charge in [0.1, 0.15) is 11.4 Å². The van der Waals surface area contributed by atoms with Gasteiger partial charge in [-0.25, -0.2) is 0 Å². The first-order valence-electron chi connectivity index (χ1n) is 7.68. The zero-order valence-corrected chi connectivity index (χ0v) is 13.9. The molecule has 0 saturated carbocycles. The van der Waals surface area contributed by atoms with E-state index in [0.717, 1.165) is 12.8 Å². The molecule has 124 valence electrons. The second-order valence-electron chi connectivity index (χ2n) is 5.69. The highest BCUT2D eigenvalue weighted by Crippen LogP contribution is 2.43. The second-order valence-corrected chi connectivity index (χ2v) is 7.62. The highest BCUT2D eigenvalue weighted by atomic mass is 31.2. The maximum atomic E-state index is 12.1. The monoisotopic (exact) mass is 330 g/mol. The van der Waals surface area contributed by atoms with Crippen molar-refractivity contribution in [2.75, 3.05) is 36.0 Å². The van der Waals surface area contributed by atoms with Crippen molar-refractivity contribution in [2.24, 2.45) is 0 Å². The Labute approximate surface area is 129 Å². The van der Waals surface area contributed by atoms with Gasteiger partial charge in [0, 0.05) is 19.6 Å². The van der Waals surface area contributed by atoms with Crippen LogP contribution in [0.2, 0.25) is 0 Å². The van der Waals surface area contributed by atoms with Gasteiger partial charge in [-0.05, 0) is 26.2 Å². The lowest BCUT2D eigenvalue weighted by atomic mass is 10.1. The first-order chi connectivity index (χ1) is 10.4. The number of nitrogens with one attached hydrogen (secondary N) is 1. The second kappa shape index (κ2) is 6.94. The van der Waals surface area contributed by atoms with Gasteiger partial charge in [0.05, 0.1) is 12.3 Å². The standard InChI is InChI=1S/C14H23N2O5P/c1-3-10(2)21-22(19,20)9-8-16-7-5-4-6-15-11-12(16)14(18)13(11)17/h10,15H,3-9H2,1-2H3,(H,19,20). The molecule has 2 unspecified atom stereocenters. The predicted molar refractivity (Wildman–Crippen MR) is 86.8 cm³/mol. The summed E-state index contributed by atoms with van der Waals surface area (Å²) >= 11 is 0. The molecule has 1 aliphatic heterocycles. The van der Waals surface area contributed by atoms with E-state index in [2.05, 4.69) is 5.32 Å². The molecule has 0 saturated heterocycles. The van der Waals surface area contributed by atoms with E-state index in [1.54, 1.807) is 11.8 Å². The maximum absolute atomic E-state index is 12.1. The Bertz CT molecular complexity index is 637. The van der Waals surface area contributed by atoms with Crippen LogP contribution >= 0.6 is 7.60 Å². The predicted octanol–water partition coefficient (Wildman–Crippen LogP) is 1.30. The van der Waals surface area contributed by atoms with Crippen LogP contribution in [0.3, 0.4) is 0 Å². The van der Waals surface area contributed by atoms with E-state index in [4.69, 9.17) is 4.52 Å². The minimum absolute atomic E-state index is 0.0599. The largest absolute Gasteiger partial charge is 0.380 e. The number of nitrogens with zero attached hydrogens (tertiary/aromatic N) is 1.